The van der Waals surface area contributed by atoms with Crippen molar-refractivity contribution in [1.82, 2.24) is 9.55 Å². The Labute approximate surface area is 236 Å². The van der Waals surface area contributed by atoms with Gasteiger partial charge in [-0.15, -0.1) is 0 Å². The van der Waals surface area contributed by atoms with E-state index in [-0.39, 0.29) is 11.9 Å². The number of hydrogen-bond donors (Lipinski definition) is 0. The van der Waals surface area contributed by atoms with E-state index in [1.54, 1.807) is 19.2 Å². The Balaban J connectivity index is 1.72. The van der Waals surface area contributed by atoms with E-state index in [1.165, 1.54) is 66.6 Å². The van der Waals surface area contributed by atoms with Crippen molar-refractivity contribution >= 4 is 10.0 Å². The summed E-state index contributed by atoms with van der Waals surface area (Å²) in [4.78, 5) is 5.31. The van der Waals surface area contributed by atoms with Gasteiger partial charge in [0, 0.05) is 12.0 Å². The molecule has 0 N–H and O–H groups in total. The maximum absolute atomic E-state index is 13.9. The lowest BCUT2D eigenvalue weighted by molar-refractivity contribution is 0.0901. The van der Waals surface area contributed by atoms with Crippen LogP contribution in [-0.2, 0) is 17.8 Å². The van der Waals surface area contributed by atoms with Gasteiger partial charge in [-0.05, 0) is 84.9 Å². The van der Waals surface area contributed by atoms with Gasteiger partial charge in [-0.1, -0.05) is 52.2 Å². The van der Waals surface area contributed by atoms with Gasteiger partial charge < -0.3 is 14.0 Å². The molecule has 3 aromatic rings. The van der Waals surface area contributed by atoms with Crippen LogP contribution in [0.4, 0.5) is 4.39 Å². The highest BCUT2D eigenvalue weighted by Crippen LogP contribution is 2.62. The summed E-state index contributed by atoms with van der Waals surface area (Å²) in [6.45, 7) is 8.18. The SMILES string of the molecule is CCCCS(CCCC)(CCCC)c1c(-c2ccc(F)cc2)nc2n1[C@H](COCc1ccc(OC)cc1)CC2. The molecule has 0 amide bonds. The van der Waals surface area contributed by atoms with Crippen molar-refractivity contribution < 1.29 is 13.9 Å². The topological polar surface area (TPSA) is 36.3 Å². The van der Waals surface area contributed by atoms with E-state index in [4.69, 9.17) is 14.5 Å². The molecule has 1 aromatic heterocycles. The zero-order valence-electron chi connectivity index (χ0n) is 24.4. The van der Waals surface area contributed by atoms with E-state index in [9.17, 15) is 4.39 Å². The van der Waals surface area contributed by atoms with Gasteiger partial charge >= 0.3 is 0 Å². The molecule has 39 heavy (non-hydrogen) atoms. The second-order valence-corrected chi connectivity index (χ2v) is 14.5. The Morgan fingerprint density at radius 3 is 2.08 bits per heavy atom. The second-order valence-electron chi connectivity index (χ2n) is 10.8. The molecule has 0 saturated heterocycles. The zero-order valence-corrected chi connectivity index (χ0v) is 25.2. The molecule has 1 aliphatic rings. The van der Waals surface area contributed by atoms with Gasteiger partial charge in [-0.2, -0.15) is 10.0 Å². The third-order valence-electron chi connectivity index (χ3n) is 7.94. The van der Waals surface area contributed by atoms with Crippen molar-refractivity contribution in [3.8, 4) is 17.0 Å². The van der Waals surface area contributed by atoms with Crippen LogP contribution in [0.25, 0.3) is 11.3 Å². The van der Waals surface area contributed by atoms with Crippen LogP contribution in [0.2, 0.25) is 0 Å². The molecule has 0 saturated carbocycles. The minimum absolute atomic E-state index is 0.196. The molecule has 0 spiro atoms. The van der Waals surface area contributed by atoms with Crippen molar-refractivity contribution in [2.75, 3.05) is 31.0 Å². The maximum atomic E-state index is 13.9. The number of hydrogen-bond acceptors (Lipinski definition) is 3. The number of nitrogens with zero attached hydrogens (tertiary/aromatic N) is 2. The highest BCUT2D eigenvalue weighted by Gasteiger charge is 2.38. The van der Waals surface area contributed by atoms with Crippen molar-refractivity contribution in [1.29, 1.82) is 0 Å². The van der Waals surface area contributed by atoms with E-state index in [0.717, 1.165) is 35.4 Å². The van der Waals surface area contributed by atoms with Crippen LogP contribution in [0.15, 0.2) is 53.6 Å². The van der Waals surface area contributed by atoms with Crippen LogP contribution < -0.4 is 4.74 Å². The number of rotatable bonds is 16. The lowest BCUT2D eigenvalue weighted by Gasteiger charge is -2.42. The summed E-state index contributed by atoms with van der Waals surface area (Å²) in [5.74, 6) is 5.61. The third kappa shape index (κ3) is 7.07. The number of ether oxygens (including phenoxy) is 2. The number of aromatic nitrogens is 2. The number of unbranched alkanes of at least 4 members (excludes halogenated alkanes) is 3. The highest BCUT2D eigenvalue weighted by atomic mass is 32.3. The van der Waals surface area contributed by atoms with Gasteiger partial charge in [0.2, 0.25) is 0 Å². The first-order chi connectivity index (χ1) is 19.0. The third-order valence-corrected chi connectivity index (χ3v) is 12.4. The summed E-state index contributed by atoms with van der Waals surface area (Å²) >= 11 is 0. The van der Waals surface area contributed by atoms with E-state index < -0.39 is 10.0 Å². The molecular weight excluding hydrogens is 507 g/mol. The van der Waals surface area contributed by atoms with E-state index in [1.807, 2.05) is 24.3 Å². The van der Waals surface area contributed by atoms with Crippen LogP contribution in [0.5, 0.6) is 5.75 Å². The molecular formula is C33H47FN2O2S. The summed E-state index contributed by atoms with van der Waals surface area (Å²) in [5, 5.41) is 1.47. The quantitative estimate of drug-likeness (QED) is 0.177. The first-order valence-electron chi connectivity index (χ1n) is 14.9. The monoisotopic (exact) mass is 554 g/mol. The number of halogens is 1. The summed E-state index contributed by atoms with van der Waals surface area (Å²) in [7, 11) is 0.577. The number of fused-ring (bicyclic) bond motifs is 1. The fourth-order valence-corrected chi connectivity index (χ4v) is 10.7. The first-order valence-corrected chi connectivity index (χ1v) is 17.0. The summed E-state index contributed by atoms with van der Waals surface area (Å²) in [6.07, 6.45) is 9.36. The predicted molar refractivity (Wildman–Crippen MR) is 163 cm³/mol. The lowest BCUT2D eigenvalue weighted by Crippen LogP contribution is -2.22. The molecule has 214 valence electrons. The molecule has 2 heterocycles. The van der Waals surface area contributed by atoms with E-state index in [2.05, 4.69) is 37.5 Å². The van der Waals surface area contributed by atoms with Gasteiger partial charge in [0.05, 0.1) is 31.4 Å². The maximum Gasteiger partial charge on any atom is 0.123 e. The summed E-state index contributed by atoms with van der Waals surface area (Å²) < 4.78 is 28.2. The molecule has 4 nitrogen and oxygen atoms in total. The molecule has 0 radical (unpaired) electrons. The molecule has 0 fully saturated rings. The predicted octanol–water partition coefficient (Wildman–Crippen LogP) is 8.97. The first kappa shape index (κ1) is 29.7. The standard InChI is InChI=1S/C33H47FN2O2S/c1-5-8-21-39(22-9-6-2,23-10-7-3)33-32(27-13-15-28(34)16-14-27)35-31-20-17-29(36(31)33)25-38-24-26-11-18-30(37-4)19-12-26/h11-16,18-19,29H,5-10,17,20-25H2,1-4H3/t29-/m0/s1. The Morgan fingerprint density at radius 1 is 0.897 bits per heavy atom. The van der Waals surface area contributed by atoms with Crippen molar-refractivity contribution in [2.45, 2.75) is 89.8 Å². The normalized spacial score (nSPS) is 15.5. The smallest absolute Gasteiger partial charge is 0.123 e. The fourth-order valence-electron chi connectivity index (χ4n) is 5.70. The van der Waals surface area contributed by atoms with Crippen LogP contribution in [0.3, 0.4) is 0 Å². The largest absolute Gasteiger partial charge is 0.497 e. The number of methoxy groups -OCH3 is 1. The van der Waals surface area contributed by atoms with Gasteiger partial charge in [0.15, 0.2) is 0 Å². The Bertz CT molecular complexity index is 1140. The number of benzene rings is 2. The van der Waals surface area contributed by atoms with Gasteiger partial charge in [-0.3, -0.25) is 0 Å². The number of imidazole rings is 1. The van der Waals surface area contributed by atoms with E-state index in [0.29, 0.717) is 13.2 Å². The Morgan fingerprint density at radius 2 is 1.51 bits per heavy atom. The zero-order chi connectivity index (χ0) is 27.7. The molecule has 6 heteroatoms. The Kier molecular flexibility index (Phi) is 10.9. The van der Waals surface area contributed by atoms with Gasteiger partial charge in [0.25, 0.3) is 0 Å². The van der Waals surface area contributed by atoms with Crippen molar-refractivity contribution in [2.24, 2.45) is 0 Å². The fraction of sp³-hybridized carbons (Fsp3) is 0.545. The summed E-state index contributed by atoms with van der Waals surface area (Å²) in [5.41, 5.74) is 3.30. The summed E-state index contributed by atoms with van der Waals surface area (Å²) in [6, 6.07) is 15.4. The lowest BCUT2D eigenvalue weighted by atomic mass is 10.1. The average Bonchev–Trinajstić information content (AvgIpc) is 3.54. The minimum atomic E-state index is -1.11. The molecule has 2 aromatic carbocycles. The molecule has 1 aliphatic heterocycles. The van der Waals surface area contributed by atoms with Crippen LogP contribution in [0, 0.1) is 5.82 Å². The van der Waals surface area contributed by atoms with Crippen molar-refractivity contribution in [3.63, 3.8) is 0 Å². The second kappa shape index (κ2) is 14.4. The Hall–Kier alpha value is -2.31. The van der Waals surface area contributed by atoms with E-state index >= 15 is 0 Å². The molecule has 0 bridgehead atoms. The van der Waals surface area contributed by atoms with Gasteiger partial charge in [-0.25, -0.2) is 9.37 Å². The van der Waals surface area contributed by atoms with Crippen LogP contribution in [0.1, 0.15) is 83.1 Å². The number of aryl methyl sites for hydroxylation is 1. The molecule has 0 aliphatic carbocycles. The minimum Gasteiger partial charge on any atom is -0.497 e. The molecule has 4 rings (SSSR count). The van der Waals surface area contributed by atoms with Crippen molar-refractivity contribution in [3.05, 3.63) is 65.7 Å². The highest BCUT2D eigenvalue weighted by molar-refractivity contribution is 8.33. The van der Waals surface area contributed by atoms with Crippen LogP contribution >= 0.6 is 10.0 Å². The molecule has 0 unspecified atom stereocenters. The molecule has 1 atom stereocenters. The van der Waals surface area contributed by atoms with Crippen LogP contribution in [-0.4, -0.2) is 40.5 Å². The van der Waals surface area contributed by atoms with Gasteiger partial charge in [0.1, 0.15) is 23.1 Å². The average molecular weight is 555 g/mol.